The van der Waals surface area contributed by atoms with E-state index >= 15 is 0 Å². The van der Waals surface area contributed by atoms with E-state index in [4.69, 9.17) is 11.6 Å². The maximum atomic E-state index is 12.3. The number of carbonyl (C=O) groups excluding carboxylic acids is 3. The third kappa shape index (κ3) is 5.46. The van der Waals surface area contributed by atoms with Crippen LogP contribution in [0.3, 0.4) is 0 Å². The van der Waals surface area contributed by atoms with E-state index in [1.165, 1.54) is 0 Å². The predicted molar refractivity (Wildman–Crippen MR) is 96.0 cm³/mol. The molecule has 1 aliphatic heterocycles. The van der Waals surface area contributed by atoms with E-state index in [1.54, 1.807) is 4.90 Å². The topological polar surface area (TPSA) is 78.5 Å². The van der Waals surface area contributed by atoms with Gasteiger partial charge in [-0.15, -0.1) is 11.6 Å². The largest absolute Gasteiger partial charge is 0.354 e. The van der Waals surface area contributed by atoms with E-state index in [1.807, 2.05) is 37.3 Å². The lowest BCUT2D eigenvalue weighted by atomic mass is 10.1. The summed E-state index contributed by atoms with van der Waals surface area (Å²) in [6, 6.07) is 9.72. The summed E-state index contributed by atoms with van der Waals surface area (Å²) in [6.07, 6.45) is 0.487. The van der Waals surface area contributed by atoms with Gasteiger partial charge in [0.1, 0.15) is 0 Å². The highest BCUT2D eigenvalue weighted by Gasteiger charge is 2.36. The number of likely N-dealkylation sites (tertiary alicyclic amines) is 1. The molecule has 1 heterocycles. The van der Waals surface area contributed by atoms with Gasteiger partial charge in [0.15, 0.2) is 0 Å². The summed E-state index contributed by atoms with van der Waals surface area (Å²) in [7, 11) is 0. The van der Waals surface area contributed by atoms with Gasteiger partial charge < -0.3 is 15.5 Å². The van der Waals surface area contributed by atoms with E-state index in [2.05, 4.69) is 10.6 Å². The SMILES string of the molecule is CC(c1ccccc1)N1CC(C(=O)NCCNC(=O)CCCl)CC1=O. The average molecular weight is 366 g/mol. The van der Waals surface area contributed by atoms with Crippen LogP contribution in [-0.2, 0) is 14.4 Å². The summed E-state index contributed by atoms with van der Waals surface area (Å²) in [4.78, 5) is 37.5. The van der Waals surface area contributed by atoms with Crippen LogP contribution in [-0.4, -0.2) is 48.1 Å². The van der Waals surface area contributed by atoms with Crippen LogP contribution in [0.1, 0.15) is 31.4 Å². The van der Waals surface area contributed by atoms with Gasteiger partial charge in [-0.3, -0.25) is 14.4 Å². The van der Waals surface area contributed by atoms with Crippen molar-refractivity contribution in [3.05, 3.63) is 35.9 Å². The van der Waals surface area contributed by atoms with Gasteiger partial charge in [0, 0.05) is 38.4 Å². The number of alkyl halides is 1. The van der Waals surface area contributed by atoms with Crippen molar-refractivity contribution >= 4 is 29.3 Å². The zero-order chi connectivity index (χ0) is 18.2. The van der Waals surface area contributed by atoms with Gasteiger partial charge in [-0.05, 0) is 12.5 Å². The van der Waals surface area contributed by atoms with E-state index in [-0.39, 0.29) is 48.4 Å². The summed E-state index contributed by atoms with van der Waals surface area (Å²) in [5.74, 6) is -0.368. The van der Waals surface area contributed by atoms with Gasteiger partial charge in [-0.2, -0.15) is 0 Å². The highest BCUT2D eigenvalue weighted by molar-refractivity contribution is 6.18. The molecule has 1 fully saturated rings. The Kier molecular flexibility index (Phi) is 7.25. The van der Waals surface area contributed by atoms with Gasteiger partial charge in [-0.25, -0.2) is 0 Å². The van der Waals surface area contributed by atoms with Gasteiger partial charge in [0.2, 0.25) is 17.7 Å². The molecule has 2 unspecified atom stereocenters. The molecule has 2 atom stereocenters. The molecule has 2 rings (SSSR count). The molecule has 0 saturated carbocycles. The van der Waals surface area contributed by atoms with E-state index in [0.29, 0.717) is 19.6 Å². The molecule has 25 heavy (non-hydrogen) atoms. The number of benzene rings is 1. The van der Waals surface area contributed by atoms with Gasteiger partial charge in [0.05, 0.1) is 12.0 Å². The third-order valence-electron chi connectivity index (χ3n) is 4.35. The fourth-order valence-electron chi connectivity index (χ4n) is 2.90. The lowest BCUT2D eigenvalue weighted by Crippen LogP contribution is -2.38. The standard InChI is InChI=1S/C18H24ClN3O3/c1-13(14-5-3-2-4-6-14)22-12-15(11-17(22)24)18(25)21-10-9-20-16(23)7-8-19/h2-6,13,15H,7-12H2,1H3,(H,20,23)(H,21,25). The Bertz CT molecular complexity index is 609. The molecule has 6 nitrogen and oxygen atoms in total. The normalized spacial score (nSPS) is 18.1. The number of hydrogen-bond acceptors (Lipinski definition) is 3. The molecule has 3 amide bonds. The summed E-state index contributed by atoms with van der Waals surface area (Å²) in [6.45, 7) is 3.08. The first-order valence-electron chi connectivity index (χ1n) is 8.47. The van der Waals surface area contributed by atoms with Crippen molar-refractivity contribution in [2.45, 2.75) is 25.8 Å². The van der Waals surface area contributed by atoms with E-state index < -0.39 is 0 Å². The Balaban J connectivity index is 1.79. The minimum atomic E-state index is -0.350. The average Bonchev–Trinajstić information content (AvgIpc) is 3.01. The molecule has 0 aliphatic carbocycles. The van der Waals surface area contributed by atoms with Gasteiger partial charge in [0.25, 0.3) is 0 Å². The quantitative estimate of drug-likeness (QED) is 0.540. The van der Waals surface area contributed by atoms with Crippen LogP contribution in [0.5, 0.6) is 0 Å². The Labute approximate surface area is 152 Å². The molecule has 7 heteroatoms. The van der Waals surface area contributed by atoms with Crippen molar-refractivity contribution in [2.24, 2.45) is 5.92 Å². The van der Waals surface area contributed by atoms with Crippen LogP contribution in [0, 0.1) is 5.92 Å². The summed E-state index contributed by atoms with van der Waals surface area (Å²) in [5, 5.41) is 5.45. The molecule has 136 valence electrons. The molecular formula is C18H24ClN3O3. The first kappa shape index (κ1) is 19.2. The van der Waals surface area contributed by atoms with Crippen molar-refractivity contribution in [3.8, 4) is 0 Å². The zero-order valence-electron chi connectivity index (χ0n) is 14.3. The summed E-state index contributed by atoms with van der Waals surface area (Å²) >= 11 is 5.48. The Morgan fingerprint density at radius 2 is 1.92 bits per heavy atom. The monoisotopic (exact) mass is 365 g/mol. The number of nitrogens with zero attached hydrogens (tertiary/aromatic N) is 1. The molecule has 0 spiro atoms. The number of nitrogens with one attached hydrogen (secondary N) is 2. The second-order valence-electron chi connectivity index (χ2n) is 6.11. The van der Waals surface area contributed by atoms with Gasteiger partial charge in [-0.1, -0.05) is 30.3 Å². The van der Waals surface area contributed by atoms with Crippen molar-refractivity contribution in [1.29, 1.82) is 0 Å². The van der Waals surface area contributed by atoms with E-state index in [9.17, 15) is 14.4 Å². The van der Waals surface area contributed by atoms with Crippen LogP contribution in [0.15, 0.2) is 30.3 Å². The highest BCUT2D eigenvalue weighted by Crippen LogP contribution is 2.28. The van der Waals surface area contributed by atoms with Crippen LogP contribution in [0.2, 0.25) is 0 Å². The summed E-state index contributed by atoms with van der Waals surface area (Å²) < 4.78 is 0. The second kappa shape index (κ2) is 9.42. The maximum absolute atomic E-state index is 12.3. The smallest absolute Gasteiger partial charge is 0.225 e. The molecule has 2 N–H and O–H groups in total. The van der Waals surface area contributed by atoms with Crippen LogP contribution in [0.4, 0.5) is 0 Å². The van der Waals surface area contributed by atoms with Crippen molar-refractivity contribution in [1.82, 2.24) is 15.5 Å². The molecule has 1 aromatic carbocycles. The number of carbonyl (C=O) groups is 3. The lowest BCUT2D eigenvalue weighted by molar-refractivity contribution is -0.130. The minimum absolute atomic E-state index is 0.00748. The van der Waals surface area contributed by atoms with E-state index in [0.717, 1.165) is 5.56 Å². The Morgan fingerprint density at radius 3 is 2.60 bits per heavy atom. The Morgan fingerprint density at radius 1 is 1.24 bits per heavy atom. The number of amides is 3. The molecule has 0 radical (unpaired) electrons. The lowest BCUT2D eigenvalue weighted by Gasteiger charge is -2.25. The molecule has 1 aliphatic rings. The molecule has 1 saturated heterocycles. The number of halogens is 1. The van der Waals surface area contributed by atoms with Crippen molar-refractivity contribution in [2.75, 3.05) is 25.5 Å². The van der Waals surface area contributed by atoms with Gasteiger partial charge >= 0.3 is 0 Å². The second-order valence-corrected chi connectivity index (χ2v) is 6.49. The maximum Gasteiger partial charge on any atom is 0.225 e. The molecule has 0 bridgehead atoms. The summed E-state index contributed by atoms with van der Waals surface area (Å²) in [5.41, 5.74) is 1.05. The minimum Gasteiger partial charge on any atom is -0.354 e. The third-order valence-corrected chi connectivity index (χ3v) is 4.54. The first-order chi connectivity index (χ1) is 12.0. The first-order valence-corrected chi connectivity index (χ1v) is 9.01. The van der Waals surface area contributed by atoms with Crippen molar-refractivity contribution < 1.29 is 14.4 Å². The molecule has 0 aromatic heterocycles. The molecule has 1 aromatic rings. The fourth-order valence-corrected chi connectivity index (χ4v) is 3.07. The Hall–Kier alpha value is -2.08. The highest BCUT2D eigenvalue weighted by atomic mass is 35.5. The van der Waals surface area contributed by atoms with Crippen LogP contribution in [0.25, 0.3) is 0 Å². The fraction of sp³-hybridized carbons (Fsp3) is 0.500. The van der Waals surface area contributed by atoms with Crippen molar-refractivity contribution in [3.63, 3.8) is 0 Å². The number of hydrogen-bond donors (Lipinski definition) is 2. The van der Waals surface area contributed by atoms with Crippen LogP contribution >= 0.6 is 11.6 Å². The zero-order valence-corrected chi connectivity index (χ0v) is 15.1. The molecular weight excluding hydrogens is 342 g/mol. The van der Waals surface area contributed by atoms with Crippen LogP contribution < -0.4 is 10.6 Å². The predicted octanol–water partition coefficient (Wildman–Crippen LogP) is 1.46. The number of rotatable bonds is 8.